The fourth-order valence-electron chi connectivity index (χ4n) is 2.01. The van der Waals surface area contributed by atoms with Crippen molar-refractivity contribution in [2.24, 2.45) is 0 Å². The molecule has 2 nitrogen and oxygen atoms in total. The van der Waals surface area contributed by atoms with Crippen LogP contribution in [0.3, 0.4) is 0 Å². The van der Waals surface area contributed by atoms with Crippen LogP contribution in [0.1, 0.15) is 64.7 Å². The molecule has 0 unspecified atom stereocenters. The van der Waals surface area contributed by atoms with E-state index in [-0.39, 0.29) is 6.42 Å². The third-order valence-corrected chi connectivity index (χ3v) is 3.36. The van der Waals surface area contributed by atoms with Crippen LogP contribution in [-0.2, 0) is 4.79 Å². The van der Waals surface area contributed by atoms with E-state index in [0.29, 0.717) is 0 Å². The lowest BCUT2D eigenvalue weighted by Crippen LogP contribution is -1.92. The fraction of sp³-hybridized carbons (Fsp3) is 0.435. The minimum Gasteiger partial charge on any atom is -0.481 e. The zero-order valence-electron chi connectivity index (χ0n) is 15.6. The summed E-state index contributed by atoms with van der Waals surface area (Å²) in [5, 5.41) is 8.51. The Labute approximate surface area is 154 Å². The lowest BCUT2D eigenvalue weighted by atomic mass is 10.2. The van der Waals surface area contributed by atoms with Gasteiger partial charge < -0.3 is 5.11 Å². The second kappa shape index (κ2) is 20.0. The largest absolute Gasteiger partial charge is 0.481 e. The number of hydrogen-bond acceptors (Lipinski definition) is 1. The van der Waals surface area contributed by atoms with Crippen molar-refractivity contribution in [1.29, 1.82) is 0 Å². The number of carbonyl (C=O) groups is 1. The Bertz CT molecular complexity index is 476. The summed E-state index contributed by atoms with van der Waals surface area (Å²) < 4.78 is 0. The van der Waals surface area contributed by atoms with E-state index in [4.69, 9.17) is 5.11 Å². The number of carboxylic acids is 1. The molecule has 0 aromatic rings. The quantitative estimate of drug-likeness (QED) is 0.258. The Balaban J connectivity index is 3.50. The van der Waals surface area contributed by atoms with Crippen LogP contribution in [0.25, 0.3) is 0 Å². The first-order valence-corrected chi connectivity index (χ1v) is 9.39. The summed E-state index contributed by atoms with van der Waals surface area (Å²) in [6, 6.07) is 0. The minimum absolute atomic E-state index is 0.256. The van der Waals surface area contributed by atoms with Crippen molar-refractivity contribution in [2.75, 3.05) is 0 Å². The molecule has 0 aliphatic heterocycles. The van der Waals surface area contributed by atoms with Crippen molar-refractivity contribution in [2.45, 2.75) is 64.7 Å². The summed E-state index contributed by atoms with van der Waals surface area (Å²) in [6.45, 7) is 2.15. The SMILES string of the molecule is CCC=CCC=CCC=CCC=CCC=CCC=CCCCC(=O)O. The lowest BCUT2D eigenvalue weighted by Gasteiger charge is -1.89. The topological polar surface area (TPSA) is 37.3 Å². The number of allylic oxidation sites excluding steroid dienone is 12. The summed E-state index contributed by atoms with van der Waals surface area (Å²) >= 11 is 0. The van der Waals surface area contributed by atoms with Crippen molar-refractivity contribution < 1.29 is 9.90 Å². The second-order valence-electron chi connectivity index (χ2n) is 5.70. The minimum atomic E-state index is -0.716. The van der Waals surface area contributed by atoms with Crippen molar-refractivity contribution >= 4 is 5.97 Å². The van der Waals surface area contributed by atoms with Crippen molar-refractivity contribution in [3.63, 3.8) is 0 Å². The molecule has 0 saturated carbocycles. The van der Waals surface area contributed by atoms with Crippen molar-refractivity contribution in [3.05, 3.63) is 72.9 Å². The van der Waals surface area contributed by atoms with Gasteiger partial charge in [-0.3, -0.25) is 4.79 Å². The van der Waals surface area contributed by atoms with Crippen LogP contribution in [0.2, 0.25) is 0 Å². The molecule has 0 aliphatic rings. The van der Waals surface area contributed by atoms with E-state index in [1.165, 1.54) is 0 Å². The van der Waals surface area contributed by atoms with Crippen LogP contribution >= 0.6 is 0 Å². The highest BCUT2D eigenvalue weighted by molar-refractivity contribution is 5.66. The highest BCUT2D eigenvalue weighted by Crippen LogP contribution is 1.99. The van der Waals surface area contributed by atoms with Gasteiger partial charge in [-0.2, -0.15) is 0 Å². The van der Waals surface area contributed by atoms with Crippen molar-refractivity contribution in [1.82, 2.24) is 0 Å². The first kappa shape index (κ1) is 22.9. The van der Waals surface area contributed by atoms with E-state index in [0.717, 1.165) is 51.4 Å². The van der Waals surface area contributed by atoms with Crippen molar-refractivity contribution in [3.8, 4) is 0 Å². The number of hydrogen-bond donors (Lipinski definition) is 1. The zero-order valence-corrected chi connectivity index (χ0v) is 15.6. The lowest BCUT2D eigenvalue weighted by molar-refractivity contribution is -0.137. The molecule has 2 heteroatoms. The van der Waals surface area contributed by atoms with E-state index >= 15 is 0 Å². The summed E-state index contributed by atoms with van der Waals surface area (Å²) in [7, 11) is 0. The molecule has 0 fully saturated rings. The zero-order chi connectivity index (χ0) is 18.4. The summed E-state index contributed by atoms with van der Waals surface area (Å²) in [5.41, 5.74) is 0. The third kappa shape index (κ3) is 21.9. The molecule has 0 rings (SSSR count). The Kier molecular flexibility index (Phi) is 18.3. The Hall–Kier alpha value is -2.09. The standard InChI is InChI=1S/C23H34O2/c1-2-3-4-5-6-7-8-9-10-11-12-13-14-15-16-17-18-19-20-21-22-23(24)25/h3-4,6-7,9-10,12-13,15-16,18-19H,2,5,8,11,14,17,20-22H2,1H3,(H,24,25). The Morgan fingerprint density at radius 2 is 1.00 bits per heavy atom. The second-order valence-corrected chi connectivity index (χ2v) is 5.70. The average Bonchev–Trinajstić information content (AvgIpc) is 2.60. The van der Waals surface area contributed by atoms with Gasteiger partial charge in [-0.1, -0.05) is 79.8 Å². The van der Waals surface area contributed by atoms with Gasteiger partial charge in [-0.25, -0.2) is 0 Å². The van der Waals surface area contributed by atoms with Gasteiger partial charge >= 0.3 is 5.97 Å². The predicted octanol–water partition coefficient (Wildman–Crippen LogP) is 6.94. The number of aliphatic carboxylic acids is 1. The van der Waals surface area contributed by atoms with Crippen LogP contribution in [0, 0.1) is 0 Å². The van der Waals surface area contributed by atoms with E-state index in [1.807, 2.05) is 0 Å². The van der Waals surface area contributed by atoms with Crippen LogP contribution in [0.15, 0.2) is 72.9 Å². The number of carboxylic acid groups (broad SMARTS) is 1. The molecule has 0 bridgehead atoms. The molecule has 138 valence electrons. The number of unbranched alkanes of at least 4 members (excludes halogenated alkanes) is 1. The average molecular weight is 343 g/mol. The van der Waals surface area contributed by atoms with E-state index in [2.05, 4.69) is 79.8 Å². The number of rotatable bonds is 15. The first-order valence-electron chi connectivity index (χ1n) is 9.39. The summed E-state index contributed by atoms with van der Waals surface area (Å²) in [5.74, 6) is -0.716. The van der Waals surface area contributed by atoms with Gasteiger partial charge in [0.15, 0.2) is 0 Å². The molecule has 0 heterocycles. The highest BCUT2D eigenvalue weighted by atomic mass is 16.4. The molecule has 0 radical (unpaired) electrons. The van der Waals surface area contributed by atoms with Gasteiger partial charge in [-0.05, 0) is 51.4 Å². The molecule has 25 heavy (non-hydrogen) atoms. The predicted molar refractivity (Wildman–Crippen MR) is 110 cm³/mol. The van der Waals surface area contributed by atoms with Crippen LogP contribution in [0.4, 0.5) is 0 Å². The van der Waals surface area contributed by atoms with Gasteiger partial charge in [0.25, 0.3) is 0 Å². The third-order valence-electron chi connectivity index (χ3n) is 3.36. The Morgan fingerprint density at radius 1 is 0.640 bits per heavy atom. The molecule has 0 spiro atoms. The van der Waals surface area contributed by atoms with E-state index in [9.17, 15) is 4.79 Å². The first-order chi connectivity index (χ1) is 12.3. The maximum absolute atomic E-state index is 10.3. The fourth-order valence-corrected chi connectivity index (χ4v) is 2.01. The van der Waals surface area contributed by atoms with Crippen LogP contribution in [-0.4, -0.2) is 11.1 Å². The summed E-state index contributed by atoms with van der Waals surface area (Å²) in [6.07, 6.45) is 33.9. The Morgan fingerprint density at radius 3 is 1.36 bits per heavy atom. The highest BCUT2D eigenvalue weighted by Gasteiger charge is 1.92. The van der Waals surface area contributed by atoms with E-state index < -0.39 is 5.97 Å². The van der Waals surface area contributed by atoms with Gasteiger partial charge in [-0.15, -0.1) is 0 Å². The maximum Gasteiger partial charge on any atom is 0.303 e. The molecular weight excluding hydrogens is 308 g/mol. The molecule has 0 aromatic heterocycles. The summed E-state index contributed by atoms with van der Waals surface area (Å²) in [4.78, 5) is 10.3. The molecule has 1 N–H and O–H groups in total. The van der Waals surface area contributed by atoms with Gasteiger partial charge in [0.2, 0.25) is 0 Å². The van der Waals surface area contributed by atoms with Gasteiger partial charge in [0.05, 0.1) is 0 Å². The van der Waals surface area contributed by atoms with Gasteiger partial charge in [0.1, 0.15) is 0 Å². The molecule has 0 atom stereocenters. The molecule has 0 aromatic carbocycles. The molecule has 0 amide bonds. The smallest absolute Gasteiger partial charge is 0.303 e. The maximum atomic E-state index is 10.3. The van der Waals surface area contributed by atoms with E-state index in [1.54, 1.807) is 0 Å². The molecular formula is C23H34O2. The normalized spacial score (nSPS) is 13.0. The van der Waals surface area contributed by atoms with Crippen LogP contribution in [0.5, 0.6) is 0 Å². The molecule has 0 saturated heterocycles. The monoisotopic (exact) mass is 342 g/mol. The van der Waals surface area contributed by atoms with Crippen LogP contribution < -0.4 is 0 Å². The molecule has 0 aliphatic carbocycles. The van der Waals surface area contributed by atoms with Gasteiger partial charge in [0, 0.05) is 6.42 Å².